The number of nitrogens with zero attached hydrogens (tertiary/aromatic N) is 7. The van der Waals surface area contributed by atoms with Crippen LogP contribution in [0, 0.1) is 11.8 Å². The van der Waals surface area contributed by atoms with E-state index in [1.54, 1.807) is 12.3 Å². The van der Waals surface area contributed by atoms with E-state index in [9.17, 15) is 18.0 Å². The summed E-state index contributed by atoms with van der Waals surface area (Å²) >= 11 is 0. The standard InChI is InChI=1S/C26H32F3N9O/c1-35-11-16-13-36(14-17(16)12-35)23-18-9-30-19(8-21(18)38(34-23)15-26(27,28)29)22-20(10-31-33-22)32-24(39)37-7-3-2-4-25(37)5-6-25/h8-10,16-17H,2-7,11-15H2,1H3,(H,31,33)(H,32,39). The third kappa shape index (κ3) is 4.40. The van der Waals surface area contributed by atoms with Gasteiger partial charge in [-0.3, -0.25) is 14.8 Å². The van der Waals surface area contributed by atoms with Gasteiger partial charge in [0.05, 0.1) is 28.5 Å². The number of amides is 2. The van der Waals surface area contributed by atoms with Gasteiger partial charge in [-0.25, -0.2) is 4.79 Å². The Kier molecular flexibility index (Phi) is 5.59. The molecule has 0 aromatic carbocycles. The molecule has 3 aromatic heterocycles. The summed E-state index contributed by atoms with van der Waals surface area (Å²) in [6, 6.07) is 1.43. The van der Waals surface area contributed by atoms with Crippen LogP contribution in [0.25, 0.3) is 22.3 Å². The lowest BCUT2D eigenvalue weighted by molar-refractivity contribution is -0.141. The summed E-state index contributed by atoms with van der Waals surface area (Å²) in [4.78, 5) is 24.1. The molecule has 4 fully saturated rings. The van der Waals surface area contributed by atoms with Crippen LogP contribution in [-0.2, 0) is 6.54 Å². The molecule has 1 spiro atoms. The van der Waals surface area contributed by atoms with Crippen LogP contribution in [0.4, 0.5) is 29.5 Å². The maximum atomic E-state index is 13.5. The predicted octanol–water partition coefficient (Wildman–Crippen LogP) is 3.93. The molecular weight excluding hydrogens is 511 g/mol. The highest BCUT2D eigenvalue weighted by Crippen LogP contribution is 2.48. The van der Waals surface area contributed by atoms with Crippen molar-refractivity contribution in [1.82, 2.24) is 34.8 Å². The smallest absolute Gasteiger partial charge is 0.354 e. The van der Waals surface area contributed by atoms with Gasteiger partial charge in [0.2, 0.25) is 0 Å². The highest BCUT2D eigenvalue weighted by Gasteiger charge is 2.51. The minimum atomic E-state index is -4.43. The summed E-state index contributed by atoms with van der Waals surface area (Å²) in [6.07, 6.45) is 3.87. The number of halogens is 3. The number of aromatic amines is 1. The number of H-pyrrole nitrogens is 1. The van der Waals surface area contributed by atoms with Crippen LogP contribution < -0.4 is 10.2 Å². The molecule has 3 aromatic rings. The largest absolute Gasteiger partial charge is 0.408 e. The fourth-order valence-corrected chi connectivity index (χ4v) is 6.95. The van der Waals surface area contributed by atoms with E-state index in [4.69, 9.17) is 0 Å². The average Bonchev–Trinajstić information content (AvgIpc) is 3.23. The number of urea groups is 1. The molecule has 3 saturated heterocycles. The number of piperidine rings is 1. The Bertz CT molecular complexity index is 1400. The second kappa shape index (κ2) is 8.83. The quantitative estimate of drug-likeness (QED) is 0.518. The topological polar surface area (TPSA) is 98.2 Å². The number of alkyl halides is 3. The first-order valence-corrected chi connectivity index (χ1v) is 13.7. The van der Waals surface area contributed by atoms with Crippen LogP contribution in [0.3, 0.4) is 0 Å². The number of hydrogen-bond acceptors (Lipinski definition) is 6. The van der Waals surface area contributed by atoms with Crippen molar-refractivity contribution < 1.29 is 18.0 Å². The van der Waals surface area contributed by atoms with Crippen molar-refractivity contribution in [2.24, 2.45) is 11.8 Å². The van der Waals surface area contributed by atoms with E-state index >= 15 is 0 Å². The van der Waals surface area contributed by atoms with Crippen LogP contribution in [0.2, 0.25) is 0 Å². The molecule has 1 aliphatic carbocycles. The van der Waals surface area contributed by atoms with Gasteiger partial charge in [-0.1, -0.05) is 0 Å². The summed E-state index contributed by atoms with van der Waals surface area (Å²) in [7, 11) is 2.10. The molecule has 2 amide bonds. The van der Waals surface area contributed by atoms with Gasteiger partial charge >= 0.3 is 12.2 Å². The van der Waals surface area contributed by atoms with E-state index in [1.165, 1.54) is 6.20 Å². The van der Waals surface area contributed by atoms with Crippen molar-refractivity contribution in [2.45, 2.75) is 50.4 Å². The van der Waals surface area contributed by atoms with Gasteiger partial charge < -0.3 is 20.0 Å². The molecule has 7 rings (SSSR count). The SMILES string of the molecule is CN1CC2CN(c3nn(CC(F)(F)F)c4cc(-c5[nH]ncc5NC(=O)N5CCCCC56CC6)ncc34)CC2C1. The van der Waals surface area contributed by atoms with Gasteiger partial charge in [-0.15, -0.1) is 0 Å². The van der Waals surface area contributed by atoms with Gasteiger partial charge in [0.15, 0.2) is 5.82 Å². The molecule has 0 radical (unpaired) electrons. The third-order valence-corrected chi connectivity index (χ3v) is 8.97. The Morgan fingerprint density at radius 3 is 2.62 bits per heavy atom. The van der Waals surface area contributed by atoms with E-state index in [0.29, 0.717) is 45.6 Å². The van der Waals surface area contributed by atoms with E-state index in [1.807, 2.05) is 4.90 Å². The van der Waals surface area contributed by atoms with Crippen molar-refractivity contribution in [3.05, 3.63) is 18.5 Å². The number of aromatic nitrogens is 5. The number of rotatable bonds is 4. The molecule has 208 valence electrons. The number of carbonyl (C=O) groups is 1. The summed E-state index contributed by atoms with van der Waals surface area (Å²) in [5.74, 6) is 1.51. The Labute approximate surface area is 223 Å². The van der Waals surface area contributed by atoms with Gasteiger partial charge in [0, 0.05) is 44.5 Å². The zero-order chi connectivity index (χ0) is 26.9. The first-order valence-electron chi connectivity index (χ1n) is 13.7. The molecule has 4 aliphatic rings. The number of fused-ring (bicyclic) bond motifs is 2. The van der Waals surface area contributed by atoms with Crippen molar-refractivity contribution >= 4 is 28.4 Å². The number of likely N-dealkylation sites (tertiary alicyclic amines) is 2. The van der Waals surface area contributed by atoms with Crippen LogP contribution >= 0.6 is 0 Å². The highest BCUT2D eigenvalue weighted by molar-refractivity contribution is 5.96. The number of hydrogen-bond donors (Lipinski definition) is 2. The highest BCUT2D eigenvalue weighted by atomic mass is 19.4. The van der Waals surface area contributed by atoms with Crippen molar-refractivity contribution in [1.29, 1.82) is 0 Å². The number of carbonyl (C=O) groups excluding carboxylic acids is 1. The average molecular weight is 544 g/mol. The van der Waals surface area contributed by atoms with Crippen molar-refractivity contribution in [3.8, 4) is 11.4 Å². The van der Waals surface area contributed by atoms with Crippen LogP contribution in [0.1, 0.15) is 32.1 Å². The molecular formula is C26H32F3N9O. The third-order valence-electron chi connectivity index (χ3n) is 8.97. The molecule has 2 N–H and O–H groups in total. The second-order valence-electron chi connectivity index (χ2n) is 11.8. The second-order valence-corrected chi connectivity index (χ2v) is 11.8. The maximum Gasteiger partial charge on any atom is 0.408 e. The summed E-state index contributed by atoms with van der Waals surface area (Å²) in [5, 5.41) is 15.0. The fourth-order valence-electron chi connectivity index (χ4n) is 6.95. The zero-order valence-corrected chi connectivity index (χ0v) is 21.8. The summed E-state index contributed by atoms with van der Waals surface area (Å²) in [5.41, 5.74) is 1.62. The Balaban J connectivity index is 1.20. The molecule has 6 heterocycles. The lowest BCUT2D eigenvalue weighted by Gasteiger charge is -2.36. The number of anilines is 2. The fraction of sp³-hybridized carbons (Fsp3) is 0.615. The lowest BCUT2D eigenvalue weighted by Crippen LogP contribution is -2.47. The number of pyridine rings is 1. The van der Waals surface area contributed by atoms with Crippen LogP contribution in [0.5, 0.6) is 0 Å². The Morgan fingerprint density at radius 2 is 1.90 bits per heavy atom. The van der Waals surface area contributed by atoms with Gasteiger partial charge in [0.25, 0.3) is 0 Å². The minimum absolute atomic E-state index is 0.0205. The molecule has 2 unspecified atom stereocenters. The predicted molar refractivity (Wildman–Crippen MR) is 139 cm³/mol. The van der Waals surface area contributed by atoms with E-state index in [0.717, 1.165) is 69.5 Å². The van der Waals surface area contributed by atoms with Crippen LogP contribution in [0.15, 0.2) is 18.5 Å². The number of nitrogens with one attached hydrogen (secondary N) is 2. The molecule has 2 atom stereocenters. The summed E-state index contributed by atoms with van der Waals surface area (Å²) in [6.45, 7) is 3.03. The maximum absolute atomic E-state index is 13.5. The normalized spacial score (nSPS) is 24.6. The molecule has 3 aliphatic heterocycles. The first-order chi connectivity index (χ1) is 18.7. The van der Waals surface area contributed by atoms with E-state index < -0.39 is 12.7 Å². The molecule has 10 nitrogen and oxygen atoms in total. The van der Waals surface area contributed by atoms with Gasteiger partial charge in [0.1, 0.15) is 12.2 Å². The Morgan fingerprint density at radius 1 is 1.13 bits per heavy atom. The molecule has 0 bridgehead atoms. The van der Waals surface area contributed by atoms with Gasteiger partial charge in [-0.2, -0.15) is 23.4 Å². The minimum Gasteiger partial charge on any atom is -0.354 e. The molecule has 39 heavy (non-hydrogen) atoms. The van der Waals surface area contributed by atoms with E-state index in [-0.39, 0.29) is 11.6 Å². The van der Waals surface area contributed by atoms with Crippen molar-refractivity contribution in [2.75, 3.05) is 50.0 Å². The zero-order valence-electron chi connectivity index (χ0n) is 21.8. The summed E-state index contributed by atoms with van der Waals surface area (Å²) < 4.78 is 41.7. The molecule has 13 heteroatoms. The van der Waals surface area contributed by atoms with E-state index in [2.05, 4.69) is 42.4 Å². The monoisotopic (exact) mass is 543 g/mol. The Hall–Kier alpha value is -3.35. The first kappa shape index (κ1) is 24.7. The van der Waals surface area contributed by atoms with Crippen molar-refractivity contribution in [3.63, 3.8) is 0 Å². The molecule has 1 saturated carbocycles. The lowest BCUT2D eigenvalue weighted by atomic mass is 10.0. The van der Waals surface area contributed by atoms with Gasteiger partial charge in [-0.05, 0) is 57.1 Å². The van der Waals surface area contributed by atoms with Crippen LogP contribution in [-0.4, -0.2) is 92.3 Å².